The van der Waals surface area contributed by atoms with Crippen LogP contribution < -0.4 is 5.73 Å². The number of pyridine rings is 3. The Morgan fingerprint density at radius 1 is 0.844 bits per heavy atom. The van der Waals surface area contributed by atoms with Crippen molar-refractivity contribution in [1.82, 2.24) is 35.1 Å². The maximum absolute atomic E-state index is 13.4. The topological polar surface area (TPSA) is 122 Å². The predicted octanol–water partition coefficient (Wildman–Crippen LogP) is 4.35. The summed E-state index contributed by atoms with van der Waals surface area (Å²) >= 11 is 0. The molecule has 5 aromatic heterocycles. The van der Waals surface area contributed by atoms with Crippen molar-refractivity contribution in [3.8, 4) is 33.8 Å². The van der Waals surface area contributed by atoms with Crippen LogP contribution >= 0.6 is 0 Å². The Morgan fingerprint density at radius 3 is 2.50 bits per heavy atom. The van der Waals surface area contributed by atoms with E-state index in [4.69, 9.17) is 10.7 Å². The van der Waals surface area contributed by atoms with Gasteiger partial charge in [0.05, 0.1) is 28.3 Å². The lowest BCUT2D eigenvalue weighted by atomic mass is 10.1. The number of H-pyrrole nitrogens is 2. The highest BCUT2D eigenvalue weighted by atomic mass is 19.1. The third-order valence-corrected chi connectivity index (χ3v) is 5.28. The molecule has 0 aliphatic rings. The molecule has 0 fully saturated rings. The molecule has 0 saturated heterocycles. The van der Waals surface area contributed by atoms with Crippen molar-refractivity contribution in [3.63, 3.8) is 0 Å². The summed E-state index contributed by atoms with van der Waals surface area (Å²) in [5.74, 6) is 0.283. The quantitative estimate of drug-likeness (QED) is 0.390. The van der Waals surface area contributed by atoms with Crippen LogP contribution in [0.5, 0.6) is 0 Å². The van der Waals surface area contributed by atoms with Crippen LogP contribution in [0.1, 0.15) is 0 Å². The fourth-order valence-electron chi connectivity index (χ4n) is 3.74. The lowest BCUT2D eigenvalue weighted by Gasteiger charge is -2.02. The van der Waals surface area contributed by atoms with E-state index < -0.39 is 0 Å². The molecule has 0 saturated carbocycles. The summed E-state index contributed by atoms with van der Waals surface area (Å²) in [4.78, 5) is 21.0. The molecular formula is C23H15FN8. The van der Waals surface area contributed by atoms with Crippen LogP contribution in [0.25, 0.3) is 55.8 Å². The van der Waals surface area contributed by atoms with Crippen molar-refractivity contribution in [2.45, 2.75) is 0 Å². The maximum atomic E-state index is 13.4. The van der Waals surface area contributed by atoms with E-state index in [2.05, 4.69) is 30.1 Å². The summed E-state index contributed by atoms with van der Waals surface area (Å²) in [6.07, 6.45) is 8.50. The number of hydrogen-bond acceptors (Lipinski definition) is 6. The van der Waals surface area contributed by atoms with E-state index in [-0.39, 0.29) is 5.82 Å². The van der Waals surface area contributed by atoms with Gasteiger partial charge in [-0.05, 0) is 29.8 Å². The second-order valence-electron chi connectivity index (χ2n) is 7.37. The molecule has 0 aliphatic heterocycles. The summed E-state index contributed by atoms with van der Waals surface area (Å²) in [5, 5.41) is 8.20. The monoisotopic (exact) mass is 422 g/mol. The lowest BCUT2D eigenvalue weighted by molar-refractivity contribution is 0.628. The Labute approximate surface area is 180 Å². The molecule has 6 rings (SSSR count). The van der Waals surface area contributed by atoms with Gasteiger partial charge < -0.3 is 10.7 Å². The van der Waals surface area contributed by atoms with Gasteiger partial charge in [-0.15, -0.1) is 0 Å². The van der Waals surface area contributed by atoms with Crippen LogP contribution in [0, 0.1) is 5.82 Å². The fourth-order valence-corrected chi connectivity index (χ4v) is 3.74. The highest BCUT2D eigenvalue weighted by Gasteiger charge is 2.17. The number of imidazole rings is 1. The Kier molecular flexibility index (Phi) is 3.94. The molecule has 0 spiro atoms. The SMILES string of the molecule is Nc1cncc(-c2cnc3[nH]nc(-c4nc5c(-c6ccc(F)cc6)cncc5[nH]4)c3c2)c1. The number of anilines is 1. The van der Waals surface area contributed by atoms with Crippen LogP contribution in [-0.4, -0.2) is 35.1 Å². The molecule has 5 heterocycles. The van der Waals surface area contributed by atoms with E-state index in [1.807, 2.05) is 12.1 Å². The first kappa shape index (κ1) is 18.1. The van der Waals surface area contributed by atoms with Crippen LogP contribution in [-0.2, 0) is 0 Å². The number of rotatable bonds is 3. The molecule has 0 bridgehead atoms. The number of nitrogens with zero attached hydrogens (tertiary/aromatic N) is 5. The van der Waals surface area contributed by atoms with Gasteiger partial charge >= 0.3 is 0 Å². The second-order valence-corrected chi connectivity index (χ2v) is 7.37. The maximum Gasteiger partial charge on any atom is 0.159 e. The predicted molar refractivity (Wildman–Crippen MR) is 120 cm³/mol. The molecule has 154 valence electrons. The molecule has 6 aromatic rings. The lowest BCUT2D eigenvalue weighted by Crippen LogP contribution is -1.89. The highest BCUT2D eigenvalue weighted by Crippen LogP contribution is 2.32. The zero-order chi connectivity index (χ0) is 21.7. The first-order valence-electron chi connectivity index (χ1n) is 9.81. The second kappa shape index (κ2) is 6.95. The van der Waals surface area contributed by atoms with E-state index in [9.17, 15) is 4.39 Å². The van der Waals surface area contributed by atoms with Crippen molar-refractivity contribution in [3.05, 3.63) is 73.2 Å². The average Bonchev–Trinajstić information content (AvgIpc) is 3.43. The summed E-state index contributed by atoms with van der Waals surface area (Å²) in [6.45, 7) is 0. The smallest absolute Gasteiger partial charge is 0.159 e. The van der Waals surface area contributed by atoms with Gasteiger partial charge in [-0.3, -0.25) is 15.1 Å². The zero-order valence-corrected chi connectivity index (χ0v) is 16.5. The van der Waals surface area contributed by atoms with Crippen LogP contribution in [0.3, 0.4) is 0 Å². The normalized spacial score (nSPS) is 11.4. The average molecular weight is 422 g/mol. The van der Waals surface area contributed by atoms with E-state index in [0.29, 0.717) is 22.9 Å². The molecule has 0 amide bonds. The molecule has 0 radical (unpaired) electrons. The molecule has 9 heteroatoms. The molecule has 0 atom stereocenters. The molecule has 32 heavy (non-hydrogen) atoms. The Morgan fingerprint density at radius 2 is 1.66 bits per heavy atom. The van der Waals surface area contributed by atoms with Gasteiger partial charge in [0.15, 0.2) is 11.5 Å². The van der Waals surface area contributed by atoms with Gasteiger partial charge in [-0.1, -0.05) is 12.1 Å². The minimum atomic E-state index is -0.293. The van der Waals surface area contributed by atoms with Gasteiger partial charge in [0.1, 0.15) is 11.5 Å². The Hall–Kier alpha value is -4.66. The molecule has 8 nitrogen and oxygen atoms in total. The van der Waals surface area contributed by atoms with Crippen LogP contribution in [0.2, 0.25) is 0 Å². The summed E-state index contributed by atoms with van der Waals surface area (Å²) in [6, 6.07) is 10.1. The van der Waals surface area contributed by atoms with Crippen molar-refractivity contribution < 1.29 is 4.39 Å². The van der Waals surface area contributed by atoms with Crippen molar-refractivity contribution >= 4 is 27.8 Å². The van der Waals surface area contributed by atoms with Gasteiger partial charge in [0.25, 0.3) is 0 Å². The number of aromatic nitrogens is 7. The van der Waals surface area contributed by atoms with E-state index in [1.165, 1.54) is 12.1 Å². The number of hydrogen-bond donors (Lipinski definition) is 3. The summed E-state index contributed by atoms with van der Waals surface area (Å²) in [5.41, 5.74) is 12.6. The molecular weight excluding hydrogens is 407 g/mol. The minimum Gasteiger partial charge on any atom is -0.397 e. The van der Waals surface area contributed by atoms with Gasteiger partial charge in [-0.2, -0.15) is 5.10 Å². The molecule has 0 aliphatic carbocycles. The van der Waals surface area contributed by atoms with Crippen LogP contribution in [0.15, 0.2) is 67.4 Å². The number of benzene rings is 1. The van der Waals surface area contributed by atoms with E-state index in [1.54, 1.807) is 43.1 Å². The van der Waals surface area contributed by atoms with Crippen molar-refractivity contribution in [2.75, 3.05) is 5.73 Å². The van der Waals surface area contributed by atoms with E-state index >= 15 is 0 Å². The van der Waals surface area contributed by atoms with Gasteiger partial charge in [0, 0.05) is 41.5 Å². The Bertz CT molecular complexity index is 1600. The molecule has 1 aromatic carbocycles. The summed E-state index contributed by atoms with van der Waals surface area (Å²) < 4.78 is 13.4. The number of aromatic amines is 2. The third kappa shape index (κ3) is 2.95. The standard InChI is InChI=1S/C23H15FN8/c24-15-3-1-12(2-4-15)18-10-27-11-19-20(18)30-23(29-19)21-17-6-14(8-28-22(17)32-31-21)13-5-16(25)9-26-7-13/h1-11H,25H2,(H,29,30)(H,28,31,32). The zero-order valence-electron chi connectivity index (χ0n) is 16.5. The van der Waals surface area contributed by atoms with Crippen LogP contribution in [0.4, 0.5) is 10.1 Å². The van der Waals surface area contributed by atoms with Gasteiger partial charge in [-0.25, -0.2) is 14.4 Å². The molecule has 4 N–H and O–H groups in total. The number of fused-ring (bicyclic) bond motifs is 2. The summed E-state index contributed by atoms with van der Waals surface area (Å²) in [7, 11) is 0. The van der Waals surface area contributed by atoms with Crippen molar-refractivity contribution in [1.29, 1.82) is 0 Å². The first-order valence-corrected chi connectivity index (χ1v) is 9.81. The highest BCUT2D eigenvalue weighted by molar-refractivity contribution is 5.96. The number of nitrogens with one attached hydrogen (secondary N) is 2. The molecule has 0 unspecified atom stereocenters. The third-order valence-electron chi connectivity index (χ3n) is 5.28. The minimum absolute atomic E-state index is 0.293. The fraction of sp³-hybridized carbons (Fsp3) is 0. The van der Waals surface area contributed by atoms with Crippen molar-refractivity contribution in [2.24, 2.45) is 0 Å². The van der Waals surface area contributed by atoms with E-state index in [0.717, 1.165) is 38.7 Å². The largest absolute Gasteiger partial charge is 0.397 e. The number of nitrogen functional groups attached to an aromatic ring is 1. The van der Waals surface area contributed by atoms with Gasteiger partial charge in [0.2, 0.25) is 0 Å². The number of nitrogens with two attached hydrogens (primary N) is 1. The Balaban J connectivity index is 1.50. The first-order chi connectivity index (χ1) is 15.7. The number of halogens is 1.